The molecule has 0 saturated heterocycles. The summed E-state index contributed by atoms with van der Waals surface area (Å²) in [5.74, 6) is 0.292. The summed E-state index contributed by atoms with van der Waals surface area (Å²) in [4.78, 5) is 2.01. The van der Waals surface area contributed by atoms with Crippen LogP contribution < -0.4 is 10.6 Å². The van der Waals surface area contributed by atoms with Gasteiger partial charge in [-0.1, -0.05) is 13.0 Å². The number of nitrogens with zero attached hydrogens (tertiary/aromatic N) is 1. The van der Waals surface area contributed by atoms with Crippen LogP contribution in [-0.2, 0) is 0 Å². The van der Waals surface area contributed by atoms with Crippen LogP contribution in [0.1, 0.15) is 18.9 Å². The smallest absolute Gasteiger partial charge is 0.136 e. The fraction of sp³-hybridized carbons (Fsp3) is 0.462. The molecule has 0 heterocycles. The topological polar surface area (TPSA) is 53.1 Å². The van der Waals surface area contributed by atoms with Crippen molar-refractivity contribution in [2.24, 2.45) is 5.73 Å². The van der Waals surface area contributed by atoms with E-state index in [1.165, 1.54) is 6.07 Å². The van der Waals surface area contributed by atoms with Gasteiger partial charge >= 0.3 is 0 Å². The molecule has 1 rings (SSSR count). The van der Waals surface area contributed by atoms with Gasteiger partial charge < -0.3 is 10.6 Å². The number of benzene rings is 1. The van der Waals surface area contributed by atoms with Gasteiger partial charge in [0.15, 0.2) is 0 Å². The third-order valence-corrected chi connectivity index (χ3v) is 3.74. The van der Waals surface area contributed by atoms with Crippen LogP contribution in [0.5, 0.6) is 0 Å². The number of nitrogen functional groups attached to an aromatic ring is 1. The second-order valence-corrected chi connectivity index (χ2v) is 5.09. The van der Waals surface area contributed by atoms with Crippen LogP contribution in [0.2, 0.25) is 0 Å². The first-order chi connectivity index (χ1) is 8.52. The maximum atomic E-state index is 13.8. The monoisotopic (exact) mass is 269 g/mol. The van der Waals surface area contributed by atoms with Crippen molar-refractivity contribution in [3.63, 3.8) is 0 Å². The van der Waals surface area contributed by atoms with E-state index in [0.717, 1.165) is 12.2 Å². The molecule has 0 saturated carbocycles. The number of nitrogens with two attached hydrogens (primary N) is 1. The lowest BCUT2D eigenvalue weighted by atomic mass is 10.1. The zero-order valence-electron chi connectivity index (χ0n) is 11.0. The highest BCUT2D eigenvalue weighted by molar-refractivity contribution is 7.98. The number of hydrogen-bond acceptors (Lipinski definition) is 3. The molecular weight excluding hydrogens is 249 g/mol. The van der Waals surface area contributed by atoms with Gasteiger partial charge in [0.1, 0.15) is 11.7 Å². The molecule has 0 bridgehead atoms. The molecule has 1 aromatic rings. The highest BCUT2D eigenvalue weighted by Gasteiger charge is 2.19. The molecule has 0 aliphatic heterocycles. The van der Waals surface area contributed by atoms with Gasteiger partial charge in [0, 0.05) is 18.8 Å². The predicted octanol–water partition coefficient (Wildman–Crippen LogP) is 2.69. The number of rotatable bonds is 6. The van der Waals surface area contributed by atoms with E-state index >= 15 is 0 Å². The van der Waals surface area contributed by atoms with Crippen molar-refractivity contribution in [3.8, 4) is 0 Å². The Morgan fingerprint density at radius 3 is 2.72 bits per heavy atom. The number of anilines is 1. The van der Waals surface area contributed by atoms with Crippen LogP contribution in [0.4, 0.5) is 10.1 Å². The van der Waals surface area contributed by atoms with E-state index in [1.54, 1.807) is 17.8 Å². The molecule has 0 spiro atoms. The maximum Gasteiger partial charge on any atom is 0.136 e. The van der Waals surface area contributed by atoms with E-state index in [-0.39, 0.29) is 11.4 Å². The summed E-state index contributed by atoms with van der Waals surface area (Å²) in [5.41, 5.74) is 6.36. The fourth-order valence-electron chi connectivity index (χ4n) is 1.97. The van der Waals surface area contributed by atoms with E-state index in [2.05, 4.69) is 6.92 Å². The molecular formula is C13H20FN3S. The van der Waals surface area contributed by atoms with Crippen LogP contribution in [0.15, 0.2) is 18.2 Å². The SMILES string of the molecule is CCC(CSC)N(C)c1cccc(F)c1C(=N)N. The Morgan fingerprint density at radius 2 is 2.22 bits per heavy atom. The van der Waals surface area contributed by atoms with Crippen molar-refractivity contribution in [2.45, 2.75) is 19.4 Å². The number of halogens is 1. The van der Waals surface area contributed by atoms with E-state index < -0.39 is 5.82 Å². The molecule has 3 nitrogen and oxygen atoms in total. The highest BCUT2D eigenvalue weighted by Crippen LogP contribution is 2.25. The van der Waals surface area contributed by atoms with Crippen molar-refractivity contribution in [3.05, 3.63) is 29.6 Å². The van der Waals surface area contributed by atoms with Crippen LogP contribution in [0.3, 0.4) is 0 Å². The minimum atomic E-state index is -0.439. The molecule has 0 radical (unpaired) electrons. The first-order valence-corrected chi connectivity index (χ1v) is 7.27. The lowest BCUT2D eigenvalue weighted by Crippen LogP contribution is -2.35. The zero-order chi connectivity index (χ0) is 13.7. The Bertz CT molecular complexity index is 423. The summed E-state index contributed by atoms with van der Waals surface area (Å²) >= 11 is 1.76. The second-order valence-electron chi connectivity index (χ2n) is 4.18. The van der Waals surface area contributed by atoms with Gasteiger partial charge in [0.2, 0.25) is 0 Å². The Morgan fingerprint density at radius 1 is 1.56 bits per heavy atom. The van der Waals surface area contributed by atoms with Gasteiger partial charge in [-0.15, -0.1) is 0 Å². The standard InChI is InChI=1S/C13H20FN3S/c1-4-9(8-18-3)17(2)11-7-5-6-10(14)12(11)13(15)16/h5-7,9H,4,8H2,1-3H3,(H3,15,16). The van der Waals surface area contributed by atoms with Gasteiger partial charge in [-0.2, -0.15) is 11.8 Å². The van der Waals surface area contributed by atoms with Crippen molar-refractivity contribution < 1.29 is 4.39 Å². The molecule has 5 heteroatoms. The van der Waals surface area contributed by atoms with Gasteiger partial charge in [-0.05, 0) is 24.8 Å². The Hall–Kier alpha value is -1.23. The van der Waals surface area contributed by atoms with E-state index in [9.17, 15) is 4.39 Å². The first kappa shape index (κ1) is 14.8. The van der Waals surface area contributed by atoms with E-state index in [0.29, 0.717) is 11.7 Å². The molecule has 1 aromatic carbocycles. The van der Waals surface area contributed by atoms with Gasteiger partial charge in [-0.3, -0.25) is 5.41 Å². The third kappa shape index (κ3) is 3.16. The Labute approximate surface area is 112 Å². The van der Waals surface area contributed by atoms with Crippen molar-refractivity contribution >= 4 is 23.3 Å². The summed E-state index contributed by atoms with van der Waals surface area (Å²) in [6.07, 6.45) is 3.01. The summed E-state index contributed by atoms with van der Waals surface area (Å²) in [5, 5.41) is 7.52. The van der Waals surface area contributed by atoms with Crippen molar-refractivity contribution in [1.82, 2.24) is 0 Å². The number of nitrogens with one attached hydrogen (secondary N) is 1. The molecule has 1 unspecified atom stereocenters. The summed E-state index contributed by atoms with van der Waals surface area (Å²) < 4.78 is 13.8. The molecule has 1 atom stereocenters. The van der Waals surface area contributed by atoms with Gasteiger partial charge in [0.05, 0.1) is 11.3 Å². The predicted molar refractivity (Wildman–Crippen MR) is 78.3 cm³/mol. The molecule has 0 aliphatic carbocycles. The lowest BCUT2D eigenvalue weighted by molar-refractivity contribution is 0.619. The summed E-state index contributed by atoms with van der Waals surface area (Å²) in [7, 11) is 1.92. The molecule has 18 heavy (non-hydrogen) atoms. The van der Waals surface area contributed by atoms with E-state index in [1.807, 2.05) is 24.3 Å². The Balaban J connectivity index is 3.15. The molecule has 100 valence electrons. The highest BCUT2D eigenvalue weighted by atomic mass is 32.2. The average Bonchev–Trinajstić information content (AvgIpc) is 2.34. The van der Waals surface area contributed by atoms with E-state index in [4.69, 9.17) is 11.1 Å². The third-order valence-electron chi connectivity index (χ3n) is 3.02. The zero-order valence-corrected chi connectivity index (χ0v) is 11.9. The number of amidine groups is 1. The van der Waals surface area contributed by atoms with Crippen LogP contribution in [0, 0.1) is 11.2 Å². The quantitative estimate of drug-likeness (QED) is 0.616. The molecule has 0 fully saturated rings. The van der Waals surface area contributed by atoms with Gasteiger partial charge in [0.25, 0.3) is 0 Å². The van der Waals surface area contributed by atoms with Gasteiger partial charge in [-0.25, -0.2) is 4.39 Å². The van der Waals surface area contributed by atoms with Crippen LogP contribution in [-0.4, -0.2) is 30.9 Å². The summed E-state index contributed by atoms with van der Waals surface area (Å²) in [6.45, 7) is 2.10. The number of hydrogen-bond donors (Lipinski definition) is 2. The second kappa shape index (κ2) is 6.64. The Kier molecular flexibility index (Phi) is 5.47. The minimum absolute atomic E-state index is 0.194. The summed E-state index contributed by atoms with van der Waals surface area (Å²) in [6, 6.07) is 5.10. The largest absolute Gasteiger partial charge is 0.384 e. The molecule has 0 aromatic heterocycles. The van der Waals surface area contributed by atoms with Crippen molar-refractivity contribution in [2.75, 3.05) is 24.0 Å². The lowest BCUT2D eigenvalue weighted by Gasteiger charge is -2.30. The average molecular weight is 269 g/mol. The first-order valence-electron chi connectivity index (χ1n) is 5.87. The fourth-order valence-corrected chi connectivity index (χ4v) is 2.81. The van der Waals surface area contributed by atoms with Crippen LogP contribution in [0.25, 0.3) is 0 Å². The molecule has 0 aliphatic rings. The molecule has 3 N–H and O–H groups in total. The molecule has 0 amide bonds. The van der Waals surface area contributed by atoms with Crippen LogP contribution >= 0.6 is 11.8 Å². The maximum absolute atomic E-state index is 13.8. The van der Waals surface area contributed by atoms with Crippen molar-refractivity contribution in [1.29, 1.82) is 5.41 Å². The normalized spacial score (nSPS) is 12.2. The number of thioether (sulfide) groups is 1. The minimum Gasteiger partial charge on any atom is -0.384 e.